The SMILES string of the molecule is CC(C)=CCNc1cnnn1C. The normalized spacial score (nSPS) is 9.58. The average molecular weight is 166 g/mol. The largest absolute Gasteiger partial charge is 0.365 e. The highest BCUT2D eigenvalue weighted by Crippen LogP contribution is 2.00. The molecule has 0 aliphatic heterocycles. The molecule has 4 nitrogen and oxygen atoms in total. The molecule has 0 unspecified atom stereocenters. The average Bonchev–Trinajstić information content (AvgIpc) is 2.36. The molecule has 1 heterocycles. The maximum atomic E-state index is 3.80. The summed E-state index contributed by atoms with van der Waals surface area (Å²) in [5.41, 5.74) is 1.30. The van der Waals surface area contributed by atoms with E-state index in [4.69, 9.17) is 0 Å². The van der Waals surface area contributed by atoms with Crippen LogP contribution in [-0.4, -0.2) is 21.5 Å². The Hall–Kier alpha value is -1.32. The molecule has 0 atom stereocenters. The first-order valence-corrected chi connectivity index (χ1v) is 3.92. The fourth-order valence-electron chi connectivity index (χ4n) is 0.809. The quantitative estimate of drug-likeness (QED) is 0.686. The van der Waals surface area contributed by atoms with Gasteiger partial charge in [0.1, 0.15) is 5.82 Å². The van der Waals surface area contributed by atoms with E-state index in [-0.39, 0.29) is 0 Å². The molecule has 1 rings (SSSR count). The van der Waals surface area contributed by atoms with Crippen molar-refractivity contribution in [1.29, 1.82) is 0 Å². The van der Waals surface area contributed by atoms with E-state index in [0.29, 0.717) is 0 Å². The van der Waals surface area contributed by atoms with Crippen LogP contribution in [0.2, 0.25) is 0 Å². The van der Waals surface area contributed by atoms with E-state index in [0.717, 1.165) is 12.4 Å². The number of rotatable bonds is 3. The van der Waals surface area contributed by atoms with Gasteiger partial charge in [0.05, 0.1) is 6.20 Å². The molecule has 0 aromatic carbocycles. The molecule has 12 heavy (non-hydrogen) atoms. The van der Waals surface area contributed by atoms with Crippen molar-refractivity contribution in [2.75, 3.05) is 11.9 Å². The van der Waals surface area contributed by atoms with Crippen LogP contribution in [0.25, 0.3) is 0 Å². The molecular weight excluding hydrogens is 152 g/mol. The smallest absolute Gasteiger partial charge is 0.144 e. The summed E-state index contributed by atoms with van der Waals surface area (Å²) in [6.45, 7) is 4.97. The molecule has 1 aromatic rings. The van der Waals surface area contributed by atoms with Crippen molar-refractivity contribution in [2.45, 2.75) is 13.8 Å². The van der Waals surface area contributed by atoms with Crippen molar-refractivity contribution in [3.8, 4) is 0 Å². The predicted molar refractivity (Wildman–Crippen MR) is 48.9 cm³/mol. The van der Waals surface area contributed by atoms with Gasteiger partial charge in [0.25, 0.3) is 0 Å². The lowest BCUT2D eigenvalue weighted by atomic mass is 10.3. The number of nitrogens with one attached hydrogen (secondary N) is 1. The molecule has 66 valence electrons. The summed E-state index contributed by atoms with van der Waals surface area (Å²) in [5.74, 6) is 0.938. The fraction of sp³-hybridized carbons (Fsp3) is 0.500. The Morgan fingerprint density at radius 2 is 2.42 bits per heavy atom. The van der Waals surface area contributed by atoms with Gasteiger partial charge in [0.2, 0.25) is 0 Å². The van der Waals surface area contributed by atoms with Crippen LogP contribution in [0.15, 0.2) is 17.8 Å². The number of aromatic nitrogens is 3. The Balaban J connectivity index is 2.44. The third kappa shape index (κ3) is 2.38. The van der Waals surface area contributed by atoms with Crippen LogP contribution in [0.1, 0.15) is 13.8 Å². The zero-order valence-corrected chi connectivity index (χ0v) is 7.70. The van der Waals surface area contributed by atoms with E-state index in [9.17, 15) is 0 Å². The Labute approximate surface area is 72.3 Å². The zero-order chi connectivity index (χ0) is 8.97. The van der Waals surface area contributed by atoms with Crippen LogP contribution in [-0.2, 0) is 7.05 Å². The molecular formula is C8H14N4. The van der Waals surface area contributed by atoms with Gasteiger partial charge >= 0.3 is 0 Å². The molecule has 4 heteroatoms. The van der Waals surface area contributed by atoms with Gasteiger partial charge in [-0.05, 0) is 13.8 Å². The summed E-state index contributed by atoms with van der Waals surface area (Å²) in [7, 11) is 1.86. The van der Waals surface area contributed by atoms with Gasteiger partial charge in [0.15, 0.2) is 0 Å². The number of hydrogen-bond donors (Lipinski definition) is 1. The molecule has 0 aliphatic carbocycles. The molecule has 0 aliphatic rings. The fourth-order valence-corrected chi connectivity index (χ4v) is 0.809. The molecule has 0 saturated carbocycles. The number of allylic oxidation sites excluding steroid dienone is 1. The highest BCUT2D eigenvalue weighted by Gasteiger charge is 1.94. The maximum absolute atomic E-state index is 3.80. The number of nitrogens with zero attached hydrogens (tertiary/aromatic N) is 3. The van der Waals surface area contributed by atoms with Crippen LogP contribution in [0, 0.1) is 0 Å². The minimum Gasteiger partial charge on any atom is -0.365 e. The van der Waals surface area contributed by atoms with Gasteiger partial charge in [-0.1, -0.05) is 16.9 Å². The summed E-state index contributed by atoms with van der Waals surface area (Å²) in [6, 6.07) is 0. The van der Waals surface area contributed by atoms with E-state index in [1.807, 2.05) is 7.05 Å². The molecule has 0 amide bonds. The third-order valence-electron chi connectivity index (χ3n) is 1.51. The molecule has 0 radical (unpaired) electrons. The van der Waals surface area contributed by atoms with E-state index < -0.39 is 0 Å². The molecule has 1 N–H and O–H groups in total. The van der Waals surface area contributed by atoms with E-state index >= 15 is 0 Å². The summed E-state index contributed by atoms with van der Waals surface area (Å²) in [4.78, 5) is 0. The zero-order valence-electron chi connectivity index (χ0n) is 7.70. The van der Waals surface area contributed by atoms with Gasteiger partial charge in [-0.25, -0.2) is 4.68 Å². The van der Waals surface area contributed by atoms with E-state index in [1.165, 1.54) is 5.57 Å². The first-order chi connectivity index (χ1) is 5.70. The third-order valence-corrected chi connectivity index (χ3v) is 1.51. The predicted octanol–water partition coefficient (Wildman–Crippen LogP) is 1.19. The van der Waals surface area contributed by atoms with Crippen molar-refractivity contribution >= 4 is 5.82 Å². The lowest BCUT2D eigenvalue weighted by Crippen LogP contribution is -2.04. The van der Waals surface area contributed by atoms with E-state index in [1.54, 1.807) is 10.9 Å². The Kier molecular flexibility index (Phi) is 2.85. The lowest BCUT2D eigenvalue weighted by molar-refractivity contribution is 0.719. The molecule has 0 bridgehead atoms. The van der Waals surface area contributed by atoms with Crippen molar-refractivity contribution in [2.24, 2.45) is 7.05 Å². The first-order valence-electron chi connectivity index (χ1n) is 3.92. The van der Waals surface area contributed by atoms with Gasteiger partial charge < -0.3 is 5.32 Å². The molecule has 0 fully saturated rings. The summed E-state index contributed by atoms with van der Waals surface area (Å²) < 4.78 is 1.71. The second-order valence-electron chi connectivity index (χ2n) is 2.91. The number of aryl methyl sites for hydroxylation is 1. The minimum absolute atomic E-state index is 0.823. The number of anilines is 1. The van der Waals surface area contributed by atoms with Gasteiger partial charge in [0, 0.05) is 13.6 Å². The topological polar surface area (TPSA) is 42.7 Å². The van der Waals surface area contributed by atoms with Crippen molar-refractivity contribution < 1.29 is 0 Å². The summed E-state index contributed by atoms with van der Waals surface area (Å²) in [6.07, 6.45) is 3.83. The lowest BCUT2D eigenvalue weighted by Gasteiger charge is -2.01. The molecule has 0 saturated heterocycles. The molecule has 0 spiro atoms. The van der Waals surface area contributed by atoms with Crippen LogP contribution in [0.3, 0.4) is 0 Å². The number of hydrogen-bond acceptors (Lipinski definition) is 3. The highest BCUT2D eigenvalue weighted by atomic mass is 15.4. The second-order valence-corrected chi connectivity index (χ2v) is 2.91. The first kappa shape index (κ1) is 8.77. The Morgan fingerprint density at radius 1 is 1.67 bits per heavy atom. The van der Waals surface area contributed by atoms with Crippen LogP contribution in [0.5, 0.6) is 0 Å². The summed E-state index contributed by atoms with van der Waals surface area (Å²) >= 11 is 0. The monoisotopic (exact) mass is 166 g/mol. The van der Waals surface area contributed by atoms with Crippen LogP contribution < -0.4 is 5.32 Å². The highest BCUT2D eigenvalue weighted by molar-refractivity contribution is 5.31. The second kappa shape index (κ2) is 3.90. The van der Waals surface area contributed by atoms with Crippen LogP contribution >= 0.6 is 0 Å². The van der Waals surface area contributed by atoms with Crippen LogP contribution in [0.4, 0.5) is 5.82 Å². The van der Waals surface area contributed by atoms with Gasteiger partial charge in [-0.3, -0.25) is 0 Å². The van der Waals surface area contributed by atoms with Crippen molar-refractivity contribution in [3.05, 3.63) is 17.8 Å². The van der Waals surface area contributed by atoms with E-state index in [2.05, 4.69) is 35.6 Å². The van der Waals surface area contributed by atoms with Gasteiger partial charge in [-0.2, -0.15) is 0 Å². The standard InChI is InChI=1S/C8H14N4/c1-7(2)4-5-9-8-6-10-11-12(8)3/h4,6,9H,5H2,1-3H3. The van der Waals surface area contributed by atoms with Gasteiger partial charge in [-0.15, -0.1) is 5.10 Å². The summed E-state index contributed by atoms with van der Waals surface area (Å²) in [5, 5.41) is 10.7. The maximum Gasteiger partial charge on any atom is 0.144 e. The Morgan fingerprint density at radius 3 is 2.92 bits per heavy atom. The Bertz CT molecular complexity index is 270. The molecule has 1 aromatic heterocycles. The van der Waals surface area contributed by atoms with Crippen molar-refractivity contribution in [3.63, 3.8) is 0 Å². The van der Waals surface area contributed by atoms with Crippen molar-refractivity contribution in [1.82, 2.24) is 15.0 Å². The minimum atomic E-state index is 0.823.